The molecule has 0 saturated heterocycles. The minimum absolute atomic E-state index is 0.279. The molecule has 41 heavy (non-hydrogen) atoms. The van der Waals surface area contributed by atoms with Gasteiger partial charge < -0.3 is 13.9 Å². The van der Waals surface area contributed by atoms with E-state index in [1.807, 2.05) is 66.7 Å². The molecular weight excluding hydrogens is 718 g/mol. The molecule has 0 spiro atoms. The second-order valence-electron chi connectivity index (χ2n) is 9.01. The highest BCUT2D eigenvalue weighted by Crippen LogP contribution is 2.33. The van der Waals surface area contributed by atoms with E-state index in [1.54, 1.807) is 31.5 Å². The summed E-state index contributed by atoms with van der Waals surface area (Å²) in [5.74, 6) is 1.72. The molecule has 10 heteroatoms. The molecular formula is C31H20Br3N3O4. The van der Waals surface area contributed by atoms with Gasteiger partial charge in [0.1, 0.15) is 12.2 Å². The quantitative estimate of drug-likeness (QED) is 0.154. The first-order valence-corrected chi connectivity index (χ1v) is 14.8. The molecule has 0 aliphatic heterocycles. The number of rotatable bonds is 7. The topological polar surface area (TPSA) is 78.9 Å². The van der Waals surface area contributed by atoms with Crippen LogP contribution in [0, 0.1) is 0 Å². The smallest absolute Gasteiger partial charge is 0.282 e. The second kappa shape index (κ2) is 11.6. The molecule has 2 aromatic heterocycles. The van der Waals surface area contributed by atoms with Gasteiger partial charge in [0.2, 0.25) is 5.82 Å². The van der Waals surface area contributed by atoms with Gasteiger partial charge in [0.25, 0.3) is 5.56 Å². The van der Waals surface area contributed by atoms with Gasteiger partial charge in [-0.25, -0.2) is 4.98 Å². The number of hydrogen-bond acceptors (Lipinski definition) is 6. The van der Waals surface area contributed by atoms with E-state index in [9.17, 15) is 4.79 Å². The largest absolute Gasteiger partial charge is 0.493 e. The van der Waals surface area contributed by atoms with Crippen molar-refractivity contribution in [2.24, 2.45) is 5.10 Å². The maximum atomic E-state index is 13.7. The fraction of sp³-hybridized carbons (Fsp3) is 0.0645. The first-order chi connectivity index (χ1) is 19.9. The van der Waals surface area contributed by atoms with E-state index in [1.165, 1.54) is 4.68 Å². The summed E-state index contributed by atoms with van der Waals surface area (Å²) in [5, 5.41) is 5.92. The van der Waals surface area contributed by atoms with Crippen molar-refractivity contribution in [1.29, 1.82) is 0 Å². The highest BCUT2D eigenvalue weighted by molar-refractivity contribution is 9.11. The van der Waals surface area contributed by atoms with Crippen molar-refractivity contribution < 1.29 is 13.9 Å². The first-order valence-electron chi connectivity index (χ1n) is 12.4. The summed E-state index contributed by atoms with van der Waals surface area (Å²) < 4.78 is 22.0. The van der Waals surface area contributed by atoms with Crippen LogP contribution in [0.5, 0.6) is 11.5 Å². The number of para-hydroxylation sites is 2. The number of furan rings is 1. The zero-order valence-electron chi connectivity index (χ0n) is 21.5. The normalized spacial score (nSPS) is 11.5. The molecule has 0 fully saturated rings. The van der Waals surface area contributed by atoms with Crippen molar-refractivity contribution in [2.45, 2.75) is 6.61 Å². The van der Waals surface area contributed by atoms with Crippen molar-refractivity contribution in [3.8, 4) is 23.1 Å². The lowest BCUT2D eigenvalue weighted by molar-refractivity contribution is 0.283. The molecule has 0 amide bonds. The molecule has 0 unspecified atom stereocenters. The molecule has 0 N–H and O–H groups in total. The van der Waals surface area contributed by atoms with Crippen LogP contribution in [0.1, 0.15) is 11.1 Å². The molecule has 0 aliphatic rings. The van der Waals surface area contributed by atoms with Crippen LogP contribution in [0.2, 0.25) is 0 Å². The number of aromatic nitrogens is 2. The van der Waals surface area contributed by atoms with Crippen LogP contribution >= 0.6 is 47.8 Å². The molecule has 2 heterocycles. The summed E-state index contributed by atoms with van der Waals surface area (Å²) in [7, 11) is 1.58. The van der Waals surface area contributed by atoms with Crippen LogP contribution < -0.4 is 15.0 Å². The summed E-state index contributed by atoms with van der Waals surface area (Å²) in [5.41, 5.74) is 2.47. The molecule has 0 saturated carbocycles. The summed E-state index contributed by atoms with van der Waals surface area (Å²) in [6, 6.07) is 26.1. The number of ether oxygens (including phenoxy) is 2. The Morgan fingerprint density at radius 2 is 1.76 bits per heavy atom. The average molecular weight is 738 g/mol. The molecule has 0 bridgehead atoms. The van der Waals surface area contributed by atoms with Crippen molar-refractivity contribution in [1.82, 2.24) is 9.66 Å². The van der Waals surface area contributed by atoms with Gasteiger partial charge in [0, 0.05) is 29.9 Å². The predicted molar refractivity (Wildman–Crippen MR) is 171 cm³/mol. The first kappa shape index (κ1) is 27.4. The van der Waals surface area contributed by atoms with E-state index in [0.717, 1.165) is 24.4 Å². The Labute approximate surface area is 259 Å². The molecule has 0 aliphatic carbocycles. The number of fused-ring (bicyclic) bond motifs is 2. The van der Waals surface area contributed by atoms with Crippen LogP contribution in [0.4, 0.5) is 0 Å². The third-order valence-corrected chi connectivity index (χ3v) is 8.11. The fourth-order valence-corrected chi connectivity index (χ4v) is 5.91. The van der Waals surface area contributed by atoms with Gasteiger partial charge in [-0.3, -0.25) is 4.79 Å². The summed E-state index contributed by atoms with van der Waals surface area (Å²) in [6.07, 6.45) is 1.56. The van der Waals surface area contributed by atoms with Gasteiger partial charge in [0.05, 0.1) is 24.2 Å². The molecule has 0 atom stereocenters. The third-order valence-electron chi connectivity index (χ3n) is 6.38. The SMILES string of the molecule is COc1cccc(C=Nn2c(-c3cc4cc(Br)ccc4o3)nc3ccccc3c2=O)c1OCc1ccc(Br)cc1Br. The van der Waals surface area contributed by atoms with Crippen LogP contribution in [-0.2, 0) is 6.61 Å². The fourth-order valence-electron chi connectivity index (χ4n) is 4.37. The van der Waals surface area contributed by atoms with Crippen molar-refractivity contribution in [3.63, 3.8) is 0 Å². The molecule has 0 radical (unpaired) electrons. The highest BCUT2D eigenvalue weighted by atomic mass is 79.9. The molecule has 7 nitrogen and oxygen atoms in total. The van der Waals surface area contributed by atoms with Gasteiger partial charge in [-0.15, -0.1) is 0 Å². The minimum atomic E-state index is -0.326. The number of nitrogens with zero attached hydrogens (tertiary/aromatic N) is 3. The maximum absolute atomic E-state index is 13.7. The Morgan fingerprint density at radius 3 is 2.59 bits per heavy atom. The highest BCUT2D eigenvalue weighted by Gasteiger charge is 2.17. The lowest BCUT2D eigenvalue weighted by Gasteiger charge is -2.14. The van der Waals surface area contributed by atoms with Gasteiger partial charge in [0.15, 0.2) is 17.3 Å². The number of hydrogen-bond donors (Lipinski definition) is 0. The van der Waals surface area contributed by atoms with Crippen LogP contribution in [0.15, 0.2) is 113 Å². The monoisotopic (exact) mass is 735 g/mol. The summed E-state index contributed by atoms with van der Waals surface area (Å²) in [4.78, 5) is 18.5. The predicted octanol–water partition coefficient (Wildman–Crippen LogP) is 8.57. The Hall–Kier alpha value is -3.73. The molecule has 6 aromatic rings. The van der Waals surface area contributed by atoms with E-state index in [-0.39, 0.29) is 18.0 Å². The van der Waals surface area contributed by atoms with E-state index >= 15 is 0 Å². The summed E-state index contributed by atoms with van der Waals surface area (Å²) in [6.45, 7) is 0.284. The standard InChI is InChI=1S/C31H20Br3N3O4/c1-39-27-8-4-5-18(29(27)40-17-19-9-10-22(33)15-24(19)34)16-35-37-30(36-25-7-3-2-6-23(25)31(37)38)28-14-20-13-21(32)11-12-26(20)41-28/h2-16H,17H2,1H3. The Kier molecular flexibility index (Phi) is 7.79. The molecule has 204 valence electrons. The Balaban J connectivity index is 1.45. The van der Waals surface area contributed by atoms with Gasteiger partial charge >= 0.3 is 0 Å². The van der Waals surface area contributed by atoms with Crippen LogP contribution in [0.3, 0.4) is 0 Å². The maximum Gasteiger partial charge on any atom is 0.282 e. The molecule has 4 aromatic carbocycles. The van der Waals surface area contributed by atoms with E-state index < -0.39 is 0 Å². The van der Waals surface area contributed by atoms with Crippen LogP contribution in [0.25, 0.3) is 33.5 Å². The van der Waals surface area contributed by atoms with E-state index in [0.29, 0.717) is 39.3 Å². The zero-order valence-corrected chi connectivity index (χ0v) is 26.2. The minimum Gasteiger partial charge on any atom is -0.493 e. The van der Waals surface area contributed by atoms with Gasteiger partial charge in [-0.05, 0) is 60.7 Å². The Morgan fingerprint density at radius 1 is 0.951 bits per heavy atom. The van der Waals surface area contributed by atoms with Gasteiger partial charge in [-0.2, -0.15) is 9.78 Å². The van der Waals surface area contributed by atoms with E-state index in [2.05, 4.69) is 52.9 Å². The number of methoxy groups -OCH3 is 1. The zero-order chi connectivity index (χ0) is 28.5. The van der Waals surface area contributed by atoms with Crippen LogP contribution in [-0.4, -0.2) is 23.0 Å². The Bertz CT molecular complexity index is 2020. The van der Waals surface area contributed by atoms with Crippen molar-refractivity contribution in [2.75, 3.05) is 7.11 Å². The van der Waals surface area contributed by atoms with E-state index in [4.69, 9.17) is 18.9 Å². The lowest BCUT2D eigenvalue weighted by atomic mass is 10.2. The van der Waals surface area contributed by atoms with Gasteiger partial charge in [-0.1, -0.05) is 72.1 Å². The van der Waals surface area contributed by atoms with Crippen molar-refractivity contribution in [3.05, 3.63) is 120 Å². The number of benzene rings is 4. The molecule has 6 rings (SSSR count). The number of halogens is 3. The average Bonchev–Trinajstić information content (AvgIpc) is 3.39. The second-order valence-corrected chi connectivity index (χ2v) is 11.7. The lowest BCUT2D eigenvalue weighted by Crippen LogP contribution is -2.20. The third kappa shape index (κ3) is 5.59. The van der Waals surface area contributed by atoms with Crippen molar-refractivity contribution >= 4 is 75.9 Å². The summed E-state index contributed by atoms with van der Waals surface area (Å²) >= 11 is 10.6.